The van der Waals surface area contributed by atoms with Crippen molar-refractivity contribution in [1.29, 1.82) is 0 Å². The van der Waals surface area contributed by atoms with E-state index in [0.717, 1.165) is 29.5 Å². The zero-order valence-corrected chi connectivity index (χ0v) is 13.3. The maximum atomic E-state index is 5.26. The summed E-state index contributed by atoms with van der Waals surface area (Å²) in [6, 6.07) is 18.5. The first kappa shape index (κ1) is 14.6. The van der Waals surface area contributed by atoms with Crippen LogP contribution in [0.1, 0.15) is 16.8 Å². The van der Waals surface area contributed by atoms with Gasteiger partial charge in [0.1, 0.15) is 5.75 Å². The van der Waals surface area contributed by atoms with E-state index in [0.29, 0.717) is 0 Å². The number of nitrogens with one attached hydrogen (secondary N) is 1. The van der Waals surface area contributed by atoms with E-state index in [2.05, 4.69) is 39.9 Å². The van der Waals surface area contributed by atoms with Crippen molar-refractivity contribution >= 4 is 16.5 Å². The summed E-state index contributed by atoms with van der Waals surface area (Å²) in [6.07, 6.45) is 0.820. The van der Waals surface area contributed by atoms with Crippen LogP contribution in [0.3, 0.4) is 0 Å². The van der Waals surface area contributed by atoms with Gasteiger partial charge in [-0.1, -0.05) is 42.5 Å². The molecule has 1 aromatic heterocycles. The molecule has 0 aliphatic heterocycles. The highest BCUT2D eigenvalue weighted by Crippen LogP contribution is 2.20. The quantitative estimate of drug-likeness (QED) is 0.735. The number of hydrogen-bond acceptors (Lipinski definition) is 4. The molecule has 0 unspecified atom stereocenters. The van der Waals surface area contributed by atoms with Gasteiger partial charge in [-0.2, -0.15) is 0 Å². The fourth-order valence-corrected chi connectivity index (χ4v) is 2.94. The van der Waals surface area contributed by atoms with E-state index in [1.54, 1.807) is 18.4 Å². The van der Waals surface area contributed by atoms with Gasteiger partial charge in [0.15, 0.2) is 5.13 Å². The van der Waals surface area contributed by atoms with Gasteiger partial charge in [-0.25, -0.2) is 4.98 Å². The van der Waals surface area contributed by atoms with Crippen LogP contribution in [0.25, 0.3) is 0 Å². The van der Waals surface area contributed by atoms with Crippen molar-refractivity contribution in [3.05, 3.63) is 76.8 Å². The summed E-state index contributed by atoms with van der Waals surface area (Å²) in [7, 11) is 1.69. The molecule has 0 saturated carbocycles. The molecule has 3 rings (SSSR count). The van der Waals surface area contributed by atoms with Gasteiger partial charge < -0.3 is 10.1 Å². The number of hydrogen-bond donors (Lipinski definition) is 1. The molecule has 1 heterocycles. The minimum absolute atomic E-state index is 0.799. The lowest BCUT2D eigenvalue weighted by molar-refractivity contribution is 0.414. The minimum atomic E-state index is 0.799. The number of rotatable bonds is 6. The Morgan fingerprint density at radius 1 is 1.05 bits per heavy atom. The van der Waals surface area contributed by atoms with E-state index in [4.69, 9.17) is 4.74 Å². The summed E-state index contributed by atoms with van der Waals surface area (Å²) < 4.78 is 5.26. The van der Waals surface area contributed by atoms with Crippen molar-refractivity contribution in [1.82, 2.24) is 4.98 Å². The second-order valence-corrected chi connectivity index (χ2v) is 5.87. The summed E-state index contributed by atoms with van der Waals surface area (Å²) in [5.74, 6) is 0.884. The second kappa shape index (κ2) is 7.09. The Balaban J connectivity index is 1.61. The van der Waals surface area contributed by atoms with Gasteiger partial charge in [-0.3, -0.25) is 0 Å². The number of methoxy groups -OCH3 is 1. The molecule has 1 N–H and O–H groups in total. The molecule has 0 spiro atoms. The average Bonchev–Trinajstić information content (AvgIpc) is 3.01. The third-order valence-electron chi connectivity index (χ3n) is 3.36. The van der Waals surface area contributed by atoms with E-state index in [1.807, 2.05) is 30.3 Å². The number of ether oxygens (including phenoxy) is 1. The predicted octanol–water partition coefficient (Wildman–Crippen LogP) is 4.35. The molecule has 112 valence electrons. The smallest absolute Gasteiger partial charge is 0.183 e. The Kier molecular flexibility index (Phi) is 4.71. The first-order valence-corrected chi connectivity index (χ1v) is 8.06. The Bertz CT molecular complexity index is 725. The summed E-state index contributed by atoms with van der Waals surface area (Å²) in [4.78, 5) is 4.64. The molecule has 0 radical (unpaired) electrons. The fourth-order valence-electron chi connectivity index (χ4n) is 2.23. The molecule has 22 heavy (non-hydrogen) atoms. The van der Waals surface area contributed by atoms with E-state index >= 15 is 0 Å². The third-order valence-corrected chi connectivity index (χ3v) is 4.21. The molecule has 0 aliphatic carbocycles. The molecule has 3 aromatic rings. The van der Waals surface area contributed by atoms with Gasteiger partial charge in [0.2, 0.25) is 0 Å². The van der Waals surface area contributed by atoms with Crippen LogP contribution in [-0.4, -0.2) is 12.1 Å². The van der Waals surface area contributed by atoms with Crippen molar-refractivity contribution in [3.8, 4) is 5.75 Å². The van der Waals surface area contributed by atoms with Gasteiger partial charge in [0, 0.05) is 18.3 Å². The number of anilines is 1. The maximum absolute atomic E-state index is 5.26. The Hall–Kier alpha value is -2.33. The van der Waals surface area contributed by atoms with Crippen LogP contribution in [-0.2, 0) is 13.0 Å². The average molecular weight is 310 g/mol. The molecule has 4 heteroatoms. The largest absolute Gasteiger partial charge is 0.497 e. The van der Waals surface area contributed by atoms with Crippen molar-refractivity contribution in [2.75, 3.05) is 12.4 Å². The highest BCUT2D eigenvalue weighted by Gasteiger charge is 2.04. The number of aromatic nitrogens is 1. The Morgan fingerprint density at radius 3 is 2.68 bits per heavy atom. The van der Waals surface area contributed by atoms with E-state index in [-0.39, 0.29) is 0 Å². The van der Waals surface area contributed by atoms with Crippen molar-refractivity contribution in [2.24, 2.45) is 0 Å². The van der Waals surface area contributed by atoms with Gasteiger partial charge in [-0.05, 0) is 23.3 Å². The van der Waals surface area contributed by atoms with E-state index in [1.165, 1.54) is 11.1 Å². The lowest BCUT2D eigenvalue weighted by Crippen LogP contribution is -1.99. The highest BCUT2D eigenvalue weighted by atomic mass is 32.1. The van der Waals surface area contributed by atoms with Gasteiger partial charge >= 0.3 is 0 Å². The van der Waals surface area contributed by atoms with Gasteiger partial charge in [0.05, 0.1) is 12.8 Å². The van der Waals surface area contributed by atoms with Crippen molar-refractivity contribution in [3.63, 3.8) is 0 Å². The first-order chi connectivity index (χ1) is 10.8. The van der Waals surface area contributed by atoms with Crippen molar-refractivity contribution < 1.29 is 4.74 Å². The lowest BCUT2D eigenvalue weighted by Gasteiger charge is -2.03. The minimum Gasteiger partial charge on any atom is -0.497 e. The molecular formula is C18H18N2OS. The predicted molar refractivity (Wildman–Crippen MR) is 91.7 cm³/mol. The molecule has 0 amide bonds. The Labute approximate surface area is 134 Å². The van der Waals surface area contributed by atoms with Crippen LogP contribution < -0.4 is 10.1 Å². The molecule has 0 atom stereocenters. The normalized spacial score (nSPS) is 10.4. The molecule has 3 nitrogen and oxygen atoms in total. The number of nitrogens with zero attached hydrogens (tertiary/aromatic N) is 1. The number of thiazole rings is 1. The zero-order valence-electron chi connectivity index (χ0n) is 12.5. The molecule has 2 aromatic carbocycles. The second-order valence-electron chi connectivity index (χ2n) is 5.01. The summed E-state index contributed by atoms with van der Waals surface area (Å²) >= 11 is 1.64. The Morgan fingerprint density at radius 2 is 1.86 bits per heavy atom. The standard InChI is InChI=1S/C18H18N2OS/c1-21-17-9-5-8-15(11-17)10-16-13-22-18(20-16)19-12-14-6-3-2-4-7-14/h2-9,11,13H,10,12H2,1H3,(H,19,20). The molecular weight excluding hydrogens is 292 g/mol. The van der Waals surface area contributed by atoms with Gasteiger partial charge in [-0.15, -0.1) is 11.3 Å². The third kappa shape index (κ3) is 3.86. The topological polar surface area (TPSA) is 34.1 Å². The number of benzene rings is 2. The van der Waals surface area contributed by atoms with E-state index in [9.17, 15) is 0 Å². The zero-order chi connectivity index (χ0) is 15.2. The van der Waals surface area contributed by atoms with Crippen LogP contribution in [0, 0.1) is 0 Å². The summed E-state index contributed by atoms with van der Waals surface area (Å²) in [5.41, 5.74) is 3.54. The molecule has 0 aliphatic rings. The molecule has 0 saturated heterocycles. The van der Waals surface area contributed by atoms with Crippen molar-refractivity contribution in [2.45, 2.75) is 13.0 Å². The summed E-state index contributed by atoms with van der Waals surface area (Å²) in [6.45, 7) is 0.799. The van der Waals surface area contributed by atoms with Crippen LogP contribution in [0.4, 0.5) is 5.13 Å². The van der Waals surface area contributed by atoms with Gasteiger partial charge in [0.25, 0.3) is 0 Å². The molecule has 0 fully saturated rings. The van der Waals surface area contributed by atoms with Crippen LogP contribution in [0.5, 0.6) is 5.75 Å². The SMILES string of the molecule is COc1cccc(Cc2csc(NCc3ccccc3)n2)c1. The monoisotopic (exact) mass is 310 g/mol. The van der Waals surface area contributed by atoms with Crippen LogP contribution in [0.15, 0.2) is 60.0 Å². The summed E-state index contributed by atoms with van der Waals surface area (Å²) in [5, 5.41) is 6.44. The van der Waals surface area contributed by atoms with Crippen LogP contribution in [0.2, 0.25) is 0 Å². The first-order valence-electron chi connectivity index (χ1n) is 7.18. The lowest BCUT2D eigenvalue weighted by atomic mass is 10.1. The maximum Gasteiger partial charge on any atom is 0.183 e. The van der Waals surface area contributed by atoms with Crippen LogP contribution >= 0.6 is 11.3 Å². The molecule has 0 bridgehead atoms. The van der Waals surface area contributed by atoms with E-state index < -0.39 is 0 Å². The highest BCUT2D eigenvalue weighted by molar-refractivity contribution is 7.13. The fraction of sp³-hybridized carbons (Fsp3) is 0.167.